The van der Waals surface area contributed by atoms with Gasteiger partial charge in [0.05, 0.1) is 31.7 Å². The van der Waals surface area contributed by atoms with Crippen LogP contribution in [-0.4, -0.2) is 45.7 Å². The van der Waals surface area contributed by atoms with E-state index in [1.54, 1.807) is 0 Å². The Labute approximate surface area is 179 Å². The van der Waals surface area contributed by atoms with Gasteiger partial charge in [-0.3, -0.25) is 34.7 Å². The number of rotatable bonds is 7. The summed E-state index contributed by atoms with van der Waals surface area (Å²) >= 11 is 5.91. The van der Waals surface area contributed by atoms with Gasteiger partial charge in [-0.15, -0.1) is 0 Å². The summed E-state index contributed by atoms with van der Waals surface area (Å²) in [4.78, 5) is 58.1. The van der Waals surface area contributed by atoms with Crippen LogP contribution in [0, 0.1) is 20.2 Å². The largest absolute Gasteiger partial charge is 0.338 e. The third-order valence-corrected chi connectivity index (χ3v) is 4.75. The van der Waals surface area contributed by atoms with Crippen molar-refractivity contribution in [2.24, 2.45) is 0 Å². The zero-order valence-electron chi connectivity index (χ0n) is 15.7. The number of non-ortho nitro benzene ring substituents is 2. The zero-order valence-corrected chi connectivity index (χ0v) is 16.4. The van der Waals surface area contributed by atoms with Crippen LogP contribution in [0.4, 0.5) is 21.9 Å². The number of nitrogens with one attached hydrogen (secondary N) is 2. The molecule has 0 aliphatic carbocycles. The van der Waals surface area contributed by atoms with Gasteiger partial charge in [0.2, 0.25) is 0 Å². The molecular formula is C18H14ClN5O7. The lowest BCUT2D eigenvalue weighted by atomic mass is 10.1. The van der Waals surface area contributed by atoms with E-state index in [1.807, 2.05) is 0 Å². The first-order valence-corrected chi connectivity index (χ1v) is 9.20. The minimum Gasteiger partial charge on any atom is -0.338 e. The highest BCUT2D eigenvalue weighted by Crippen LogP contribution is 2.27. The first kappa shape index (κ1) is 21.6. The molecule has 0 saturated heterocycles. The number of anilines is 1. The highest BCUT2D eigenvalue weighted by molar-refractivity contribution is 6.33. The van der Waals surface area contributed by atoms with Crippen LogP contribution in [0.25, 0.3) is 0 Å². The van der Waals surface area contributed by atoms with Crippen molar-refractivity contribution in [3.63, 3.8) is 0 Å². The van der Waals surface area contributed by atoms with Gasteiger partial charge in [0.25, 0.3) is 23.2 Å². The van der Waals surface area contributed by atoms with Gasteiger partial charge in [-0.25, -0.2) is 4.79 Å². The number of carbonyl (C=O) groups excluding carboxylic acids is 3. The van der Waals surface area contributed by atoms with Crippen LogP contribution in [-0.2, 0) is 0 Å². The Bertz CT molecular complexity index is 1120. The van der Waals surface area contributed by atoms with E-state index in [0.29, 0.717) is 0 Å². The first-order chi connectivity index (χ1) is 14.7. The first-order valence-electron chi connectivity index (χ1n) is 8.82. The van der Waals surface area contributed by atoms with Gasteiger partial charge >= 0.3 is 6.03 Å². The Balaban J connectivity index is 1.53. The molecule has 2 N–H and O–H groups in total. The second kappa shape index (κ2) is 8.75. The van der Waals surface area contributed by atoms with E-state index in [4.69, 9.17) is 11.6 Å². The van der Waals surface area contributed by atoms with Crippen LogP contribution in [0.3, 0.4) is 0 Å². The molecule has 31 heavy (non-hydrogen) atoms. The summed E-state index contributed by atoms with van der Waals surface area (Å²) in [6, 6.07) is 6.36. The van der Waals surface area contributed by atoms with Gasteiger partial charge in [-0.05, 0) is 18.6 Å². The quantitative estimate of drug-likeness (QED) is 0.285. The van der Waals surface area contributed by atoms with Gasteiger partial charge in [0, 0.05) is 37.4 Å². The van der Waals surface area contributed by atoms with Gasteiger partial charge in [-0.1, -0.05) is 11.6 Å². The summed E-state index contributed by atoms with van der Waals surface area (Å²) in [6.07, 6.45) is 0.212. The highest BCUT2D eigenvalue weighted by atomic mass is 35.5. The molecule has 0 spiro atoms. The Hall–Kier alpha value is -4.06. The average molecular weight is 448 g/mol. The molecule has 0 radical (unpaired) electrons. The maximum atomic E-state index is 12.4. The van der Waals surface area contributed by atoms with Crippen LogP contribution < -0.4 is 10.6 Å². The molecule has 2 aromatic rings. The SMILES string of the molecule is O=C(NCCCN1C(=O)c2ccc([N+](=O)[O-])cc2C1=O)Nc1cc([N+](=O)[O-])ccc1Cl. The number of urea groups is 1. The van der Waals surface area contributed by atoms with E-state index in [2.05, 4.69) is 10.6 Å². The van der Waals surface area contributed by atoms with Crippen molar-refractivity contribution in [1.82, 2.24) is 10.2 Å². The number of halogens is 1. The summed E-state index contributed by atoms with van der Waals surface area (Å²) in [5.74, 6) is -1.21. The van der Waals surface area contributed by atoms with Crippen molar-refractivity contribution in [3.05, 3.63) is 72.8 Å². The standard InChI is InChI=1S/C18H14ClN5O7/c19-14-5-3-11(24(30)31)9-15(14)21-18(27)20-6-1-7-22-16(25)12-4-2-10(23(28)29)8-13(12)17(22)26/h2-5,8-9H,1,6-7H2,(H2,20,21,27). The molecule has 0 unspecified atom stereocenters. The van der Waals surface area contributed by atoms with E-state index in [0.717, 1.165) is 23.1 Å². The number of fused-ring (bicyclic) bond motifs is 1. The lowest BCUT2D eigenvalue weighted by Crippen LogP contribution is -2.35. The molecule has 0 bridgehead atoms. The minimum absolute atomic E-state index is 0.0159. The van der Waals surface area contributed by atoms with Gasteiger partial charge in [0.1, 0.15) is 0 Å². The lowest BCUT2D eigenvalue weighted by molar-refractivity contribution is -0.385. The molecule has 160 valence electrons. The third kappa shape index (κ3) is 4.59. The van der Waals surface area contributed by atoms with Crippen LogP contribution in [0.5, 0.6) is 0 Å². The van der Waals surface area contributed by atoms with E-state index < -0.39 is 27.7 Å². The number of nitro groups is 2. The Morgan fingerprint density at radius 1 is 0.968 bits per heavy atom. The molecule has 0 fully saturated rings. The van der Waals surface area contributed by atoms with Crippen LogP contribution in [0.2, 0.25) is 5.02 Å². The lowest BCUT2D eigenvalue weighted by Gasteiger charge is -2.14. The normalized spacial score (nSPS) is 12.5. The smallest absolute Gasteiger partial charge is 0.319 e. The summed E-state index contributed by atoms with van der Waals surface area (Å²) < 4.78 is 0. The maximum absolute atomic E-state index is 12.4. The Morgan fingerprint density at radius 3 is 2.26 bits per heavy atom. The van der Waals surface area contributed by atoms with Crippen molar-refractivity contribution in [1.29, 1.82) is 0 Å². The molecule has 1 aliphatic heterocycles. The van der Waals surface area contributed by atoms with Crippen molar-refractivity contribution >= 4 is 46.5 Å². The second-order valence-electron chi connectivity index (χ2n) is 6.40. The average Bonchev–Trinajstić information content (AvgIpc) is 2.96. The summed E-state index contributed by atoms with van der Waals surface area (Å²) in [5.41, 5.74) is -0.437. The maximum Gasteiger partial charge on any atom is 0.319 e. The minimum atomic E-state index is -0.680. The van der Waals surface area contributed by atoms with E-state index in [-0.39, 0.29) is 52.7 Å². The summed E-state index contributed by atoms with van der Waals surface area (Å²) in [6.45, 7) is 0.0594. The van der Waals surface area contributed by atoms with Gasteiger partial charge in [0.15, 0.2) is 0 Å². The molecule has 0 aromatic heterocycles. The summed E-state index contributed by atoms with van der Waals surface area (Å²) in [7, 11) is 0. The monoisotopic (exact) mass is 447 g/mol. The van der Waals surface area contributed by atoms with Crippen molar-refractivity contribution in [3.8, 4) is 0 Å². The van der Waals surface area contributed by atoms with E-state index in [9.17, 15) is 34.6 Å². The number of amides is 4. The predicted molar refractivity (Wildman–Crippen MR) is 108 cm³/mol. The second-order valence-corrected chi connectivity index (χ2v) is 6.81. The number of benzene rings is 2. The molecular weight excluding hydrogens is 434 g/mol. The molecule has 2 aromatic carbocycles. The van der Waals surface area contributed by atoms with Crippen molar-refractivity contribution < 1.29 is 24.2 Å². The molecule has 12 nitrogen and oxygen atoms in total. The number of imide groups is 1. The van der Waals surface area contributed by atoms with Crippen LogP contribution in [0.15, 0.2) is 36.4 Å². The van der Waals surface area contributed by atoms with Crippen molar-refractivity contribution in [2.75, 3.05) is 18.4 Å². The molecule has 1 heterocycles. The molecule has 1 aliphatic rings. The molecule has 4 amide bonds. The molecule has 3 rings (SSSR count). The van der Waals surface area contributed by atoms with E-state index in [1.165, 1.54) is 18.2 Å². The van der Waals surface area contributed by atoms with Crippen LogP contribution >= 0.6 is 11.6 Å². The zero-order chi connectivity index (χ0) is 22.7. The Morgan fingerprint density at radius 2 is 1.58 bits per heavy atom. The molecule has 0 saturated carbocycles. The highest BCUT2D eigenvalue weighted by Gasteiger charge is 2.36. The molecule has 0 atom stereocenters. The fraction of sp³-hybridized carbons (Fsp3) is 0.167. The predicted octanol–water partition coefficient (Wildman–Crippen LogP) is 2.96. The third-order valence-electron chi connectivity index (χ3n) is 4.42. The van der Waals surface area contributed by atoms with E-state index >= 15 is 0 Å². The van der Waals surface area contributed by atoms with Gasteiger partial charge in [-0.2, -0.15) is 0 Å². The fourth-order valence-corrected chi connectivity index (χ4v) is 3.09. The number of nitrogens with zero attached hydrogens (tertiary/aromatic N) is 3. The molecule has 13 heteroatoms. The van der Waals surface area contributed by atoms with Crippen molar-refractivity contribution in [2.45, 2.75) is 6.42 Å². The summed E-state index contributed by atoms with van der Waals surface area (Å²) in [5, 5.41) is 26.7. The van der Waals surface area contributed by atoms with Gasteiger partial charge < -0.3 is 10.6 Å². The topological polar surface area (TPSA) is 165 Å². The number of hydrogen-bond donors (Lipinski definition) is 2. The van der Waals surface area contributed by atoms with Crippen LogP contribution in [0.1, 0.15) is 27.1 Å². The Kier molecular flexibility index (Phi) is 6.11. The number of nitro benzene ring substituents is 2. The number of carbonyl (C=O) groups is 3. The fourth-order valence-electron chi connectivity index (χ4n) is 2.92. The number of hydrogen-bond acceptors (Lipinski definition) is 7.